The highest BCUT2D eigenvalue weighted by molar-refractivity contribution is 7.89. The smallest absolute Gasteiger partial charge is 0.322 e. The molecule has 0 spiro atoms. The van der Waals surface area contributed by atoms with E-state index >= 15 is 0 Å². The molecule has 0 saturated carbocycles. The van der Waals surface area contributed by atoms with Crippen LogP contribution < -0.4 is 10.5 Å². The monoisotopic (exact) mass is 304 g/mol. The van der Waals surface area contributed by atoms with Crippen LogP contribution in [0.3, 0.4) is 0 Å². The molecular weight excluding hydrogens is 288 g/mol. The second-order valence-corrected chi connectivity index (χ2v) is 5.96. The van der Waals surface area contributed by atoms with Crippen molar-refractivity contribution in [3.63, 3.8) is 0 Å². The van der Waals surface area contributed by atoms with Crippen LogP contribution in [0, 0.1) is 13.8 Å². The minimum Gasteiger partial charge on any atom is -0.480 e. The van der Waals surface area contributed by atoms with E-state index in [1.54, 1.807) is 14.0 Å². The van der Waals surface area contributed by atoms with Crippen LogP contribution in [-0.2, 0) is 26.7 Å². The van der Waals surface area contributed by atoms with Crippen molar-refractivity contribution in [1.82, 2.24) is 14.5 Å². The number of carboxylic acids is 1. The summed E-state index contributed by atoms with van der Waals surface area (Å²) in [7, 11) is -2.54. The summed E-state index contributed by atoms with van der Waals surface area (Å²) in [6.07, 6.45) is -0.632. The minimum atomic E-state index is -4.11. The molecule has 1 heterocycles. The highest BCUT2D eigenvalue weighted by Crippen LogP contribution is 2.18. The number of hydrogen-bond acceptors (Lipinski definition) is 5. The fourth-order valence-electron chi connectivity index (χ4n) is 1.77. The highest BCUT2D eigenvalue weighted by Gasteiger charge is 2.30. The van der Waals surface area contributed by atoms with E-state index in [-0.39, 0.29) is 10.6 Å². The highest BCUT2D eigenvalue weighted by atomic mass is 32.2. The zero-order valence-corrected chi connectivity index (χ0v) is 12.1. The standard InChI is InChI=1S/C10H16N4O5S/c1-5-9(6(2)14(3)12-5)20(18,19)13-7(10(16)17)4-8(11)15/h7,13H,4H2,1-3H3,(H2,11,15)(H,16,17)/t7-/m0/s1. The Balaban J connectivity index is 3.16. The summed E-state index contributed by atoms with van der Waals surface area (Å²) < 4.78 is 27.7. The molecule has 0 aliphatic carbocycles. The van der Waals surface area contributed by atoms with Crippen molar-refractivity contribution >= 4 is 21.9 Å². The topological polar surface area (TPSA) is 144 Å². The van der Waals surface area contributed by atoms with Crippen LogP contribution in [0.4, 0.5) is 0 Å². The molecule has 20 heavy (non-hydrogen) atoms. The fourth-order valence-corrected chi connectivity index (χ4v) is 3.40. The normalized spacial score (nSPS) is 13.2. The van der Waals surface area contributed by atoms with E-state index in [1.807, 2.05) is 4.72 Å². The van der Waals surface area contributed by atoms with Gasteiger partial charge in [0, 0.05) is 7.05 Å². The van der Waals surface area contributed by atoms with E-state index in [1.165, 1.54) is 11.6 Å². The molecule has 0 radical (unpaired) electrons. The molecule has 0 unspecified atom stereocenters. The average Bonchev–Trinajstić information content (AvgIpc) is 2.51. The van der Waals surface area contributed by atoms with Gasteiger partial charge in [-0.25, -0.2) is 8.42 Å². The van der Waals surface area contributed by atoms with Crippen molar-refractivity contribution in [2.24, 2.45) is 12.8 Å². The summed E-state index contributed by atoms with van der Waals surface area (Å²) in [6.45, 7) is 3.03. The summed E-state index contributed by atoms with van der Waals surface area (Å²) in [6, 6.07) is -1.61. The molecule has 0 bridgehead atoms. The van der Waals surface area contributed by atoms with E-state index in [0.29, 0.717) is 5.69 Å². The Kier molecular flexibility index (Phi) is 4.50. The van der Waals surface area contributed by atoms with E-state index in [2.05, 4.69) is 5.10 Å². The van der Waals surface area contributed by atoms with Crippen LogP contribution in [0.2, 0.25) is 0 Å². The number of nitrogens with two attached hydrogens (primary N) is 1. The number of aromatic nitrogens is 2. The van der Waals surface area contributed by atoms with Crippen molar-refractivity contribution < 1.29 is 23.1 Å². The van der Waals surface area contributed by atoms with E-state index in [4.69, 9.17) is 10.8 Å². The first kappa shape index (κ1) is 16.1. The Morgan fingerprint density at radius 1 is 1.45 bits per heavy atom. The molecular formula is C10H16N4O5S. The molecule has 1 amide bonds. The summed E-state index contributed by atoms with van der Waals surface area (Å²) in [5.74, 6) is -2.40. The predicted octanol–water partition coefficient (Wildman–Crippen LogP) is -1.36. The maximum atomic E-state index is 12.2. The lowest BCUT2D eigenvalue weighted by molar-refractivity contribution is -0.140. The lowest BCUT2D eigenvalue weighted by Gasteiger charge is -2.13. The molecule has 9 nitrogen and oxygen atoms in total. The van der Waals surface area contributed by atoms with Gasteiger partial charge in [-0.3, -0.25) is 14.3 Å². The number of nitrogens with one attached hydrogen (secondary N) is 1. The van der Waals surface area contributed by atoms with Gasteiger partial charge in [0.2, 0.25) is 15.9 Å². The Bertz CT molecular complexity index is 649. The van der Waals surface area contributed by atoms with Crippen LogP contribution in [0.1, 0.15) is 17.8 Å². The molecule has 112 valence electrons. The molecule has 0 aromatic carbocycles. The Morgan fingerprint density at radius 3 is 2.35 bits per heavy atom. The number of aryl methyl sites for hydroxylation is 2. The number of rotatable bonds is 6. The van der Waals surface area contributed by atoms with Gasteiger partial charge in [-0.1, -0.05) is 0 Å². The van der Waals surface area contributed by atoms with Crippen LogP contribution in [0.5, 0.6) is 0 Å². The first-order valence-corrected chi connectivity index (χ1v) is 7.08. The first-order chi connectivity index (χ1) is 9.06. The van der Waals surface area contributed by atoms with Gasteiger partial charge in [-0.2, -0.15) is 9.82 Å². The van der Waals surface area contributed by atoms with E-state index in [9.17, 15) is 18.0 Å². The van der Waals surface area contributed by atoms with Gasteiger partial charge in [0.25, 0.3) is 0 Å². The second-order valence-electron chi connectivity index (χ2n) is 4.31. The third-order valence-electron chi connectivity index (χ3n) is 2.71. The van der Waals surface area contributed by atoms with Crippen molar-refractivity contribution in [3.8, 4) is 0 Å². The molecule has 0 aliphatic rings. The summed E-state index contributed by atoms with van der Waals surface area (Å²) >= 11 is 0. The average molecular weight is 304 g/mol. The van der Waals surface area contributed by atoms with Gasteiger partial charge >= 0.3 is 5.97 Å². The van der Waals surface area contributed by atoms with Crippen molar-refractivity contribution in [3.05, 3.63) is 11.4 Å². The van der Waals surface area contributed by atoms with Crippen LogP contribution in [0.25, 0.3) is 0 Å². The van der Waals surface area contributed by atoms with Crippen molar-refractivity contribution in [2.75, 3.05) is 0 Å². The van der Waals surface area contributed by atoms with Crippen LogP contribution in [-0.4, -0.2) is 41.2 Å². The van der Waals surface area contributed by atoms with Crippen molar-refractivity contribution in [2.45, 2.75) is 31.2 Å². The third-order valence-corrected chi connectivity index (χ3v) is 4.44. The van der Waals surface area contributed by atoms with Gasteiger partial charge < -0.3 is 10.8 Å². The minimum absolute atomic E-state index is 0.101. The lowest BCUT2D eigenvalue weighted by Crippen LogP contribution is -2.43. The number of primary amides is 1. The predicted molar refractivity (Wildman–Crippen MR) is 68.2 cm³/mol. The van der Waals surface area contributed by atoms with Crippen molar-refractivity contribution in [1.29, 1.82) is 0 Å². The lowest BCUT2D eigenvalue weighted by atomic mass is 10.2. The number of sulfonamides is 1. The Morgan fingerprint density at radius 2 is 2.00 bits per heavy atom. The molecule has 0 saturated heterocycles. The molecule has 1 atom stereocenters. The summed E-state index contributed by atoms with van der Waals surface area (Å²) in [5.41, 5.74) is 5.50. The molecule has 4 N–H and O–H groups in total. The first-order valence-electron chi connectivity index (χ1n) is 5.60. The van der Waals surface area contributed by atoms with Gasteiger partial charge in [-0.15, -0.1) is 0 Å². The quantitative estimate of drug-likeness (QED) is 0.592. The number of carbonyl (C=O) groups excluding carboxylic acids is 1. The SMILES string of the molecule is Cc1nn(C)c(C)c1S(=O)(=O)N[C@@H](CC(N)=O)C(=O)O. The number of hydrogen-bond donors (Lipinski definition) is 3. The van der Waals surface area contributed by atoms with E-state index < -0.39 is 34.4 Å². The van der Waals surface area contributed by atoms with Crippen LogP contribution in [0.15, 0.2) is 4.90 Å². The van der Waals surface area contributed by atoms with Gasteiger partial charge in [0.05, 0.1) is 17.8 Å². The zero-order valence-electron chi connectivity index (χ0n) is 11.2. The summed E-state index contributed by atoms with van der Waals surface area (Å²) in [5, 5.41) is 12.9. The van der Waals surface area contributed by atoms with Gasteiger partial charge in [0.15, 0.2) is 0 Å². The fraction of sp³-hybridized carbons (Fsp3) is 0.500. The second kappa shape index (κ2) is 5.59. The third kappa shape index (κ3) is 3.33. The number of carbonyl (C=O) groups is 2. The Hall–Kier alpha value is -1.94. The maximum absolute atomic E-state index is 12.2. The largest absolute Gasteiger partial charge is 0.480 e. The summed E-state index contributed by atoms with van der Waals surface area (Å²) in [4.78, 5) is 21.6. The number of amides is 1. The molecule has 1 aromatic rings. The Labute approximate surface area is 115 Å². The van der Waals surface area contributed by atoms with Gasteiger partial charge in [0.1, 0.15) is 10.9 Å². The molecule has 1 aromatic heterocycles. The number of carboxylic acid groups (broad SMARTS) is 1. The zero-order chi connectivity index (χ0) is 15.7. The number of aliphatic carboxylic acids is 1. The molecule has 10 heteroatoms. The van der Waals surface area contributed by atoms with Crippen LogP contribution >= 0.6 is 0 Å². The van der Waals surface area contributed by atoms with E-state index in [0.717, 1.165) is 0 Å². The molecule has 0 fully saturated rings. The number of nitrogens with zero attached hydrogens (tertiary/aromatic N) is 2. The maximum Gasteiger partial charge on any atom is 0.322 e. The molecule has 0 aliphatic heterocycles. The molecule has 1 rings (SSSR count). The van der Waals surface area contributed by atoms with Gasteiger partial charge in [-0.05, 0) is 13.8 Å².